The largest absolute Gasteiger partial charge is 0.441 e. The number of aromatic nitrogens is 2. The number of H-pyrrole nitrogens is 1. The third-order valence-corrected chi connectivity index (χ3v) is 3.72. The average Bonchev–Trinajstić information content (AvgIpc) is 2.88. The van der Waals surface area contributed by atoms with Crippen molar-refractivity contribution in [3.05, 3.63) is 57.8 Å². The number of aromatic amines is 1. The van der Waals surface area contributed by atoms with Gasteiger partial charge < -0.3 is 14.3 Å². The highest BCUT2D eigenvalue weighted by atomic mass is 16.3. The molecule has 2 aromatic heterocycles. The predicted octanol–water partition coefficient (Wildman–Crippen LogP) is 2.68. The first kappa shape index (κ1) is 14.4. The second kappa shape index (κ2) is 5.67. The Morgan fingerprint density at radius 2 is 2.00 bits per heavy atom. The second-order valence-corrected chi connectivity index (χ2v) is 5.60. The summed E-state index contributed by atoms with van der Waals surface area (Å²) in [7, 11) is 3.93. The van der Waals surface area contributed by atoms with Gasteiger partial charge in [-0.25, -0.2) is 4.98 Å². The first-order chi connectivity index (χ1) is 10.5. The zero-order chi connectivity index (χ0) is 15.7. The molecule has 0 aliphatic rings. The molecule has 0 fully saturated rings. The van der Waals surface area contributed by atoms with Gasteiger partial charge in [-0.05, 0) is 31.5 Å². The van der Waals surface area contributed by atoms with Gasteiger partial charge in [-0.3, -0.25) is 4.79 Å². The second-order valence-electron chi connectivity index (χ2n) is 5.60. The quantitative estimate of drug-likeness (QED) is 0.804. The van der Waals surface area contributed by atoms with E-state index in [1.54, 1.807) is 0 Å². The zero-order valence-corrected chi connectivity index (χ0v) is 13.0. The van der Waals surface area contributed by atoms with Crippen molar-refractivity contribution in [2.24, 2.45) is 0 Å². The number of pyridine rings is 1. The van der Waals surface area contributed by atoms with Gasteiger partial charge in [0.05, 0.1) is 5.69 Å². The number of para-hydroxylation sites is 2. The Balaban J connectivity index is 1.84. The minimum atomic E-state index is -0.0424. The first-order valence-corrected chi connectivity index (χ1v) is 7.29. The number of aryl methyl sites for hydroxylation is 3. The number of fused-ring (bicyclic) bond motifs is 1. The number of rotatable bonds is 4. The monoisotopic (exact) mass is 297 g/mol. The van der Waals surface area contributed by atoms with Gasteiger partial charge in [0.25, 0.3) is 5.56 Å². The van der Waals surface area contributed by atoms with E-state index in [4.69, 9.17) is 4.42 Å². The van der Waals surface area contributed by atoms with Crippen molar-refractivity contribution in [3.8, 4) is 0 Å². The van der Waals surface area contributed by atoms with Crippen molar-refractivity contribution in [3.63, 3.8) is 0 Å². The predicted molar refractivity (Wildman–Crippen MR) is 87.5 cm³/mol. The standard InChI is InChI=1S/C17H19N3O2/c1-11-14(20(2)3)10-12(17(21)18-11)8-9-16-19-13-6-4-5-7-15(13)22-16/h4-7,10H,8-9H2,1-3H3,(H,18,21). The molecule has 0 aliphatic heterocycles. The van der Waals surface area contributed by atoms with Crippen LogP contribution in [0.5, 0.6) is 0 Å². The molecule has 114 valence electrons. The molecular formula is C17H19N3O2. The number of hydrogen-bond donors (Lipinski definition) is 1. The molecular weight excluding hydrogens is 278 g/mol. The van der Waals surface area contributed by atoms with Gasteiger partial charge >= 0.3 is 0 Å². The fourth-order valence-corrected chi connectivity index (χ4v) is 2.57. The highest BCUT2D eigenvalue weighted by Crippen LogP contribution is 2.18. The molecule has 1 N–H and O–H groups in total. The molecule has 0 unspecified atom stereocenters. The maximum absolute atomic E-state index is 12.1. The fourth-order valence-electron chi connectivity index (χ4n) is 2.57. The number of nitrogens with one attached hydrogen (secondary N) is 1. The molecule has 0 radical (unpaired) electrons. The summed E-state index contributed by atoms with van der Waals surface area (Å²) in [5, 5.41) is 0. The Labute approximate surface area is 128 Å². The van der Waals surface area contributed by atoms with E-state index in [1.807, 2.05) is 56.3 Å². The van der Waals surface area contributed by atoms with Gasteiger partial charge in [0, 0.05) is 31.8 Å². The normalized spacial score (nSPS) is 11.0. The summed E-state index contributed by atoms with van der Waals surface area (Å²) in [5.74, 6) is 0.660. The molecule has 1 aromatic carbocycles. The van der Waals surface area contributed by atoms with Crippen LogP contribution in [0.15, 0.2) is 39.5 Å². The first-order valence-electron chi connectivity index (χ1n) is 7.29. The lowest BCUT2D eigenvalue weighted by molar-refractivity contribution is 0.528. The minimum Gasteiger partial charge on any atom is -0.441 e. The maximum atomic E-state index is 12.1. The molecule has 3 aromatic rings. The molecule has 0 saturated carbocycles. The zero-order valence-electron chi connectivity index (χ0n) is 13.0. The molecule has 5 nitrogen and oxygen atoms in total. The molecule has 0 aliphatic carbocycles. The summed E-state index contributed by atoms with van der Waals surface area (Å²) < 4.78 is 5.70. The van der Waals surface area contributed by atoms with Crippen molar-refractivity contribution >= 4 is 16.8 Å². The number of nitrogens with zero attached hydrogens (tertiary/aromatic N) is 2. The third-order valence-electron chi connectivity index (χ3n) is 3.72. The molecule has 5 heteroatoms. The van der Waals surface area contributed by atoms with Crippen molar-refractivity contribution in [2.45, 2.75) is 19.8 Å². The molecule has 3 rings (SSSR count). The van der Waals surface area contributed by atoms with Gasteiger partial charge in [0.1, 0.15) is 5.52 Å². The Hall–Kier alpha value is -2.56. The lowest BCUT2D eigenvalue weighted by Crippen LogP contribution is -2.19. The maximum Gasteiger partial charge on any atom is 0.251 e. The summed E-state index contributed by atoms with van der Waals surface area (Å²) in [5.41, 5.74) is 4.23. The summed E-state index contributed by atoms with van der Waals surface area (Å²) in [6.07, 6.45) is 1.21. The van der Waals surface area contributed by atoms with E-state index in [2.05, 4.69) is 9.97 Å². The van der Waals surface area contributed by atoms with E-state index in [9.17, 15) is 4.79 Å². The summed E-state index contributed by atoms with van der Waals surface area (Å²) >= 11 is 0. The topological polar surface area (TPSA) is 62.1 Å². The van der Waals surface area contributed by atoms with Crippen LogP contribution < -0.4 is 10.5 Å². The molecule has 0 spiro atoms. The highest BCUT2D eigenvalue weighted by molar-refractivity contribution is 5.72. The lowest BCUT2D eigenvalue weighted by atomic mass is 10.1. The van der Waals surface area contributed by atoms with E-state index >= 15 is 0 Å². The van der Waals surface area contributed by atoms with Crippen LogP contribution in [0.4, 0.5) is 5.69 Å². The van der Waals surface area contributed by atoms with Crippen LogP contribution in [-0.2, 0) is 12.8 Å². The van der Waals surface area contributed by atoms with Crippen molar-refractivity contribution in [2.75, 3.05) is 19.0 Å². The van der Waals surface area contributed by atoms with Crippen LogP contribution in [0.3, 0.4) is 0 Å². The smallest absolute Gasteiger partial charge is 0.251 e. The van der Waals surface area contributed by atoms with Crippen molar-refractivity contribution in [1.82, 2.24) is 9.97 Å². The molecule has 0 bridgehead atoms. The van der Waals surface area contributed by atoms with Crippen LogP contribution in [0, 0.1) is 6.92 Å². The Bertz CT molecular complexity index is 829. The summed E-state index contributed by atoms with van der Waals surface area (Å²) in [4.78, 5) is 21.4. The fraction of sp³-hybridized carbons (Fsp3) is 0.294. The van der Waals surface area contributed by atoms with E-state index in [0.717, 1.165) is 28.0 Å². The molecule has 2 heterocycles. The Morgan fingerprint density at radius 3 is 2.73 bits per heavy atom. The van der Waals surface area contributed by atoms with E-state index < -0.39 is 0 Å². The SMILES string of the molecule is Cc1[nH]c(=O)c(CCc2nc3ccccc3o2)cc1N(C)C. The van der Waals surface area contributed by atoms with Gasteiger partial charge in [0.2, 0.25) is 0 Å². The van der Waals surface area contributed by atoms with E-state index in [0.29, 0.717) is 18.7 Å². The van der Waals surface area contributed by atoms with Crippen molar-refractivity contribution < 1.29 is 4.42 Å². The minimum absolute atomic E-state index is 0.0424. The summed E-state index contributed by atoms with van der Waals surface area (Å²) in [6.45, 7) is 1.90. The number of anilines is 1. The summed E-state index contributed by atoms with van der Waals surface area (Å²) in [6, 6.07) is 9.62. The third kappa shape index (κ3) is 2.74. The molecule has 0 saturated heterocycles. The molecule has 22 heavy (non-hydrogen) atoms. The molecule has 0 amide bonds. The van der Waals surface area contributed by atoms with Crippen LogP contribution in [0.25, 0.3) is 11.1 Å². The van der Waals surface area contributed by atoms with Crippen LogP contribution in [0.2, 0.25) is 0 Å². The van der Waals surface area contributed by atoms with Crippen LogP contribution >= 0.6 is 0 Å². The molecule has 0 atom stereocenters. The Kier molecular flexibility index (Phi) is 3.71. The van der Waals surface area contributed by atoms with Gasteiger partial charge in [-0.15, -0.1) is 0 Å². The van der Waals surface area contributed by atoms with Gasteiger partial charge in [-0.2, -0.15) is 0 Å². The average molecular weight is 297 g/mol. The van der Waals surface area contributed by atoms with Crippen LogP contribution in [0.1, 0.15) is 17.1 Å². The number of oxazole rings is 1. The van der Waals surface area contributed by atoms with E-state index in [1.165, 1.54) is 0 Å². The van der Waals surface area contributed by atoms with E-state index in [-0.39, 0.29) is 5.56 Å². The number of hydrogen-bond acceptors (Lipinski definition) is 4. The highest BCUT2D eigenvalue weighted by Gasteiger charge is 2.10. The van der Waals surface area contributed by atoms with Gasteiger partial charge in [0.15, 0.2) is 11.5 Å². The van der Waals surface area contributed by atoms with Gasteiger partial charge in [-0.1, -0.05) is 12.1 Å². The Morgan fingerprint density at radius 1 is 1.23 bits per heavy atom. The van der Waals surface area contributed by atoms with Crippen LogP contribution in [-0.4, -0.2) is 24.1 Å². The number of benzene rings is 1. The van der Waals surface area contributed by atoms with Crippen molar-refractivity contribution in [1.29, 1.82) is 0 Å². The lowest BCUT2D eigenvalue weighted by Gasteiger charge is -2.16.